The number of aromatic nitrogens is 5. The first-order chi connectivity index (χ1) is 17.0. The molecule has 176 valence electrons. The number of benzene rings is 3. The van der Waals surface area contributed by atoms with Gasteiger partial charge in [-0.2, -0.15) is 8.99 Å². The van der Waals surface area contributed by atoms with E-state index in [1.807, 2.05) is 35.2 Å². The van der Waals surface area contributed by atoms with Gasteiger partial charge in [0.2, 0.25) is 10.0 Å². The van der Waals surface area contributed by atoms with E-state index in [1.54, 1.807) is 24.3 Å². The van der Waals surface area contributed by atoms with Crippen LogP contribution in [0.2, 0.25) is 0 Å². The van der Waals surface area contributed by atoms with Gasteiger partial charge in [-0.05, 0) is 47.2 Å². The van der Waals surface area contributed by atoms with Crippen molar-refractivity contribution in [3.63, 3.8) is 0 Å². The molecule has 0 atom stereocenters. The van der Waals surface area contributed by atoms with Crippen LogP contribution in [0.3, 0.4) is 0 Å². The van der Waals surface area contributed by atoms with E-state index in [1.165, 1.54) is 27.4 Å². The van der Waals surface area contributed by atoms with Gasteiger partial charge in [-0.15, -0.1) is 5.10 Å². The van der Waals surface area contributed by atoms with Gasteiger partial charge < -0.3 is 4.90 Å². The van der Waals surface area contributed by atoms with Crippen LogP contribution in [0.4, 0.5) is 10.2 Å². The lowest BCUT2D eigenvalue weighted by Crippen LogP contribution is -2.49. The zero-order valence-electron chi connectivity index (χ0n) is 18.5. The first kappa shape index (κ1) is 21.6. The summed E-state index contributed by atoms with van der Waals surface area (Å²) in [6.45, 7) is 1.52. The van der Waals surface area contributed by atoms with Gasteiger partial charge in [0.25, 0.3) is 0 Å². The Morgan fingerprint density at radius 2 is 1.57 bits per heavy atom. The highest BCUT2D eigenvalue weighted by Gasteiger charge is 2.30. The minimum atomic E-state index is -3.63. The normalized spacial score (nSPS) is 15.2. The third-order valence-corrected chi connectivity index (χ3v) is 8.08. The molecule has 6 rings (SSSR count). The highest BCUT2D eigenvalue weighted by atomic mass is 32.2. The Labute approximate surface area is 200 Å². The van der Waals surface area contributed by atoms with Crippen molar-refractivity contribution < 1.29 is 12.8 Å². The average molecular weight is 490 g/mol. The summed E-state index contributed by atoms with van der Waals surface area (Å²) < 4.78 is 42.9. The van der Waals surface area contributed by atoms with Crippen LogP contribution in [0.5, 0.6) is 0 Å². The first-order valence-electron chi connectivity index (χ1n) is 11.1. The van der Waals surface area contributed by atoms with Crippen molar-refractivity contribution >= 4 is 37.8 Å². The lowest BCUT2D eigenvalue weighted by atomic mass is 10.1. The van der Waals surface area contributed by atoms with Crippen LogP contribution in [0.15, 0.2) is 78.0 Å². The molecular weight excluding hydrogens is 469 g/mol. The van der Waals surface area contributed by atoms with Gasteiger partial charge in [-0.25, -0.2) is 22.8 Å². The zero-order valence-corrected chi connectivity index (χ0v) is 19.3. The van der Waals surface area contributed by atoms with E-state index in [-0.39, 0.29) is 10.7 Å². The topological polar surface area (TPSA) is 97.1 Å². The molecule has 1 saturated heterocycles. The fourth-order valence-electron chi connectivity index (χ4n) is 4.34. The van der Waals surface area contributed by atoms with Crippen molar-refractivity contribution in [3.05, 3.63) is 78.9 Å². The SMILES string of the molecule is O=S(=O)(c1ccc2ccccc2c1)N1CCN(c2ncnc3c2nnn3-c2ccc(F)cc2)CC1. The number of fused-ring (bicyclic) bond motifs is 2. The van der Waals surface area contributed by atoms with Crippen molar-refractivity contribution in [2.24, 2.45) is 0 Å². The summed E-state index contributed by atoms with van der Waals surface area (Å²) in [5.74, 6) is 0.246. The van der Waals surface area contributed by atoms with E-state index < -0.39 is 10.0 Å². The molecule has 2 aromatic heterocycles. The van der Waals surface area contributed by atoms with E-state index in [4.69, 9.17) is 0 Å². The molecule has 3 heterocycles. The fourth-order valence-corrected chi connectivity index (χ4v) is 5.80. The van der Waals surface area contributed by atoms with Crippen LogP contribution < -0.4 is 4.90 Å². The number of halogens is 1. The van der Waals surface area contributed by atoms with Crippen LogP contribution in [0, 0.1) is 5.82 Å². The quantitative estimate of drug-likeness (QED) is 0.383. The molecule has 0 bridgehead atoms. The van der Waals surface area contributed by atoms with Crippen molar-refractivity contribution in [2.45, 2.75) is 4.90 Å². The van der Waals surface area contributed by atoms with Crippen molar-refractivity contribution in [3.8, 4) is 5.69 Å². The Kier molecular flexibility index (Phi) is 5.15. The Balaban J connectivity index is 1.24. The third kappa shape index (κ3) is 3.78. The van der Waals surface area contributed by atoms with Crippen LogP contribution in [0.25, 0.3) is 27.6 Å². The van der Waals surface area contributed by atoms with Crippen LogP contribution >= 0.6 is 0 Å². The predicted octanol–water partition coefficient (Wildman–Crippen LogP) is 3.01. The van der Waals surface area contributed by atoms with Gasteiger partial charge in [-0.1, -0.05) is 35.5 Å². The summed E-state index contributed by atoms with van der Waals surface area (Å²) in [7, 11) is -3.63. The monoisotopic (exact) mass is 489 g/mol. The number of rotatable bonds is 4. The molecule has 1 aliphatic heterocycles. The van der Waals surface area contributed by atoms with Gasteiger partial charge in [0.15, 0.2) is 17.0 Å². The van der Waals surface area contributed by atoms with E-state index in [0.717, 1.165) is 10.8 Å². The Morgan fingerprint density at radius 3 is 2.34 bits per heavy atom. The molecule has 0 N–H and O–H groups in total. The summed E-state index contributed by atoms with van der Waals surface area (Å²) >= 11 is 0. The molecule has 1 fully saturated rings. The highest BCUT2D eigenvalue weighted by molar-refractivity contribution is 7.89. The Bertz CT molecular complexity index is 1650. The van der Waals surface area contributed by atoms with Crippen LogP contribution in [-0.4, -0.2) is 63.9 Å². The summed E-state index contributed by atoms with van der Waals surface area (Å²) in [5.41, 5.74) is 1.63. The molecule has 0 saturated carbocycles. The molecule has 3 aromatic carbocycles. The fraction of sp³-hybridized carbons (Fsp3) is 0.167. The second-order valence-corrected chi connectivity index (χ2v) is 10.2. The van der Waals surface area contributed by atoms with Gasteiger partial charge in [0.1, 0.15) is 12.1 Å². The lowest BCUT2D eigenvalue weighted by Gasteiger charge is -2.34. The second-order valence-electron chi connectivity index (χ2n) is 8.25. The van der Waals surface area contributed by atoms with Gasteiger partial charge in [0.05, 0.1) is 10.6 Å². The number of sulfonamides is 1. The highest BCUT2D eigenvalue weighted by Crippen LogP contribution is 2.26. The van der Waals surface area contributed by atoms with Crippen molar-refractivity contribution in [2.75, 3.05) is 31.1 Å². The molecule has 1 aliphatic rings. The molecule has 0 unspecified atom stereocenters. The van der Waals surface area contributed by atoms with Gasteiger partial charge >= 0.3 is 0 Å². The molecular formula is C24H20FN7O2S. The molecule has 0 radical (unpaired) electrons. The smallest absolute Gasteiger partial charge is 0.243 e. The maximum Gasteiger partial charge on any atom is 0.243 e. The average Bonchev–Trinajstić information content (AvgIpc) is 3.33. The minimum absolute atomic E-state index is 0.288. The van der Waals surface area contributed by atoms with Crippen molar-refractivity contribution in [1.82, 2.24) is 29.3 Å². The molecule has 0 spiro atoms. The second kappa shape index (κ2) is 8.36. The molecule has 9 nitrogen and oxygen atoms in total. The first-order valence-corrected chi connectivity index (χ1v) is 12.5. The Morgan fingerprint density at radius 1 is 0.829 bits per heavy atom. The molecule has 35 heavy (non-hydrogen) atoms. The lowest BCUT2D eigenvalue weighted by molar-refractivity contribution is 0.384. The number of hydrogen-bond donors (Lipinski definition) is 0. The number of piperazine rings is 1. The summed E-state index contributed by atoms with van der Waals surface area (Å²) in [6.07, 6.45) is 1.43. The van der Waals surface area contributed by atoms with Crippen LogP contribution in [-0.2, 0) is 10.0 Å². The van der Waals surface area contributed by atoms with E-state index in [9.17, 15) is 12.8 Å². The molecule has 5 aromatic rings. The third-order valence-electron chi connectivity index (χ3n) is 6.19. The number of nitrogens with zero attached hydrogens (tertiary/aromatic N) is 7. The van der Waals surface area contributed by atoms with Crippen molar-refractivity contribution in [1.29, 1.82) is 0 Å². The van der Waals surface area contributed by atoms with Gasteiger partial charge in [-0.3, -0.25) is 0 Å². The zero-order chi connectivity index (χ0) is 24.0. The minimum Gasteiger partial charge on any atom is -0.352 e. The molecule has 11 heteroatoms. The standard InChI is InChI=1S/C24H20FN7O2S/c25-19-6-8-20(9-7-19)32-24-22(28-29-32)23(26-16-27-24)30-11-13-31(14-12-30)35(33,34)21-10-5-17-3-1-2-4-18(17)15-21/h1-10,15-16H,11-14H2. The summed E-state index contributed by atoms with van der Waals surface area (Å²) in [5, 5.41) is 10.3. The van der Waals surface area contributed by atoms with Gasteiger partial charge in [0, 0.05) is 26.2 Å². The van der Waals surface area contributed by atoms with E-state index >= 15 is 0 Å². The number of hydrogen-bond acceptors (Lipinski definition) is 7. The maximum absolute atomic E-state index is 13.3. The van der Waals surface area contributed by atoms with E-state index in [0.29, 0.717) is 48.8 Å². The van der Waals surface area contributed by atoms with E-state index in [2.05, 4.69) is 20.3 Å². The predicted molar refractivity (Wildman–Crippen MR) is 129 cm³/mol. The summed E-state index contributed by atoms with van der Waals surface area (Å²) in [6, 6.07) is 18.8. The largest absolute Gasteiger partial charge is 0.352 e. The molecule has 0 aliphatic carbocycles. The maximum atomic E-state index is 13.3. The summed E-state index contributed by atoms with van der Waals surface area (Å²) in [4.78, 5) is 11.0. The Hall–Kier alpha value is -3.96. The molecule has 0 amide bonds. The number of anilines is 1. The van der Waals surface area contributed by atoms with Crippen LogP contribution in [0.1, 0.15) is 0 Å².